The van der Waals surface area contributed by atoms with Crippen molar-refractivity contribution in [2.24, 2.45) is 0 Å². The van der Waals surface area contributed by atoms with Crippen molar-refractivity contribution in [3.05, 3.63) is 54.2 Å². The Morgan fingerprint density at radius 2 is 1.96 bits per heavy atom. The average Bonchev–Trinajstić information content (AvgIpc) is 3.19. The molecule has 3 heterocycles. The van der Waals surface area contributed by atoms with Crippen molar-refractivity contribution >= 4 is 11.8 Å². The highest BCUT2D eigenvalue weighted by atomic mass is 16.5. The van der Waals surface area contributed by atoms with Gasteiger partial charge in [-0.3, -0.25) is 5.10 Å². The molecule has 0 aliphatic carbocycles. The second kappa shape index (κ2) is 6.97. The number of carbonyl (C=O) groups is 1. The van der Waals surface area contributed by atoms with Crippen molar-refractivity contribution in [3.8, 4) is 22.5 Å². The number of carboxylic acids is 1. The summed E-state index contributed by atoms with van der Waals surface area (Å²) in [6, 6.07) is 12.6. The average molecular weight is 350 g/mol. The molecule has 0 spiro atoms. The molecule has 3 aromatic rings. The molecular formula is C19H18N4O3. The molecule has 7 heteroatoms. The van der Waals surface area contributed by atoms with Crippen LogP contribution in [-0.2, 0) is 4.74 Å². The number of pyridine rings is 1. The molecule has 1 aliphatic heterocycles. The maximum atomic E-state index is 11.1. The van der Waals surface area contributed by atoms with Crippen LogP contribution in [0.3, 0.4) is 0 Å². The number of ether oxygens (including phenoxy) is 1. The fourth-order valence-corrected chi connectivity index (χ4v) is 2.95. The van der Waals surface area contributed by atoms with E-state index in [4.69, 9.17) is 9.84 Å². The normalized spacial score (nSPS) is 14.4. The first-order valence-corrected chi connectivity index (χ1v) is 8.39. The lowest BCUT2D eigenvalue weighted by Crippen LogP contribution is -2.36. The number of aromatic amines is 1. The predicted octanol–water partition coefficient (Wildman–Crippen LogP) is 2.67. The molecular weight excluding hydrogens is 332 g/mol. The van der Waals surface area contributed by atoms with E-state index >= 15 is 0 Å². The second-order valence-corrected chi connectivity index (χ2v) is 6.06. The minimum absolute atomic E-state index is 0.246. The maximum Gasteiger partial charge on any atom is 0.335 e. The number of nitrogens with zero attached hydrogens (tertiary/aromatic N) is 3. The van der Waals surface area contributed by atoms with Crippen LogP contribution < -0.4 is 4.90 Å². The number of hydrogen-bond donors (Lipinski definition) is 2. The monoisotopic (exact) mass is 350 g/mol. The Morgan fingerprint density at radius 1 is 1.12 bits per heavy atom. The van der Waals surface area contributed by atoms with Crippen molar-refractivity contribution in [2.75, 3.05) is 31.2 Å². The summed E-state index contributed by atoms with van der Waals surface area (Å²) in [6.07, 6.45) is 1.80. The van der Waals surface area contributed by atoms with Crippen LogP contribution in [0.5, 0.6) is 0 Å². The molecule has 26 heavy (non-hydrogen) atoms. The summed E-state index contributed by atoms with van der Waals surface area (Å²) in [4.78, 5) is 17.9. The molecule has 4 rings (SSSR count). The lowest BCUT2D eigenvalue weighted by molar-refractivity contribution is 0.0697. The van der Waals surface area contributed by atoms with Crippen LogP contribution in [-0.4, -0.2) is 52.6 Å². The Balaban J connectivity index is 1.56. The van der Waals surface area contributed by atoms with Crippen molar-refractivity contribution in [1.82, 2.24) is 15.2 Å². The van der Waals surface area contributed by atoms with E-state index in [9.17, 15) is 4.79 Å². The third kappa shape index (κ3) is 3.29. The van der Waals surface area contributed by atoms with Gasteiger partial charge in [-0.1, -0.05) is 12.1 Å². The summed E-state index contributed by atoms with van der Waals surface area (Å²) >= 11 is 0. The summed E-state index contributed by atoms with van der Waals surface area (Å²) in [6.45, 7) is 3.14. The van der Waals surface area contributed by atoms with Gasteiger partial charge in [0, 0.05) is 30.4 Å². The molecule has 0 saturated carbocycles. The van der Waals surface area contributed by atoms with E-state index in [1.54, 1.807) is 24.4 Å². The number of rotatable bonds is 4. The first-order chi connectivity index (χ1) is 12.7. The second-order valence-electron chi connectivity index (χ2n) is 6.06. The number of benzene rings is 1. The van der Waals surface area contributed by atoms with Crippen LogP contribution in [0.2, 0.25) is 0 Å². The summed E-state index contributed by atoms with van der Waals surface area (Å²) in [7, 11) is 0. The molecule has 1 aliphatic rings. The number of carboxylic acid groups (broad SMARTS) is 1. The zero-order valence-corrected chi connectivity index (χ0v) is 14.1. The molecule has 0 atom stereocenters. The van der Waals surface area contributed by atoms with Crippen LogP contribution >= 0.6 is 0 Å². The number of anilines is 1. The Morgan fingerprint density at radius 3 is 2.69 bits per heavy atom. The lowest BCUT2D eigenvalue weighted by Gasteiger charge is -2.27. The molecule has 0 bridgehead atoms. The third-order valence-corrected chi connectivity index (χ3v) is 4.38. The Labute approximate surface area is 150 Å². The fraction of sp³-hybridized carbons (Fsp3) is 0.211. The molecule has 2 N–H and O–H groups in total. The first kappa shape index (κ1) is 16.3. The van der Waals surface area contributed by atoms with Crippen LogP contribution in [0.4, 0.5) is 5.82 Å². The van der Waals surface area contributed by atoms with Gasteiger partial charge in [0.05, 0.1) is 30.2 Å². The molecule has 7 nitrogen and oxygen atoms in total. The minimum atomic E-state index is -0.950. The Kier molecular flexibility index (Phi) is 4.37. The van der Waals surface area contributed by atoms with Gasteiger partial charge in [-0.25, -0.2) is 9.78 Å². The largest absolute Gasteiger partial charge is 0.478 e. The molecule has 0 unspecified atom stereocenters. The summed E-state index contributed by atoms with van der Waals surface area (Å²) in [5, 5.41) is 16.4. The molecule has 2 aromatic heterocycles. The van der Waals surface area contributed by atoms with Gasteiger partial charge in [0.2, 0.25) is 0 Å². The zero-order chi connectivity index (χ0) is 17.9. The Hall–Kier alpha value is -3.19. The minimum Gasteiger partial charge on any atom is -0.478 e. The molecule has 0 amide bonds. The number of aromatic carboxylic acids is 1. The molecule has 1 fully saturated rings. The summed E-state index contributed by atoms with van der Waals surface area (Å²) in [5.74, 6) is -0.0172. The summed E-state index contributed by atoms with van der Waals surface area (Å²) in [5.41, 5.74) is 3.46. The zero-order valence-electron chi connectivity index (χ0n) is 14.1. The van der Waals surface area contributed by atoms with Gasteiger partial charge < -0.3 is 14.7 Å². The number of hydrogen-bond acceptors (Lipinski definition) is 5. The van der Waals surface area contributed by atoms with E-state index in [0.717, 1.165) is 54.6 Å². The van der Waals surface area contributed by atoms with Gasteiger partial charge >= 0.3 is 5.97 Å². The quantitative estimate of drug-likeness (QED) is 0.752. The number of aromatic nitrogens is 3. The SMILES string of the molecule is O=C(O)c1cccc(-c2cc(-c3ccc(N4CCOCC4)nc3)n[nH]2)c1. The topological polar surface area (TPSA) is 91.3 Å². The van der Waals surface area contributed by atoms with Crippen LogP contribution in [0.25, 0.3) is 22.5 Å². The lowest BCUT2D eigenvalue weighted by atomic mass is 10.1. The van der Waals surface area contributed by atoms with Gasteiger partial charge in [0.1, 0.15) is 5.82 Å². The first-order valence-electron chi connectivity index (χ1n) is 8.39. The fourth-order valence-electron chi connectivity index (χ4n) is 2.95. The van der Waals surface area contributed by atoms with Gasteiger partial charge in [-0.15, -0.1) is 0 Å². The Bertz CT molecular complexity index is 915. The highest BCUT2D eigenvalue weighted by Gasteiger charge is 2.13. The highest BCUT2D eigenvalue weighted by Crippen LogP contribution is 2.25. The smallest absolute Gasteiger partial charge is 0.335 e. The van der Waals surface area contributed by atoms with Crippen molar-refractivity contribution in [2.45, 2.75) is 0 Å². The van der Waals surface area contributed by atoms with E-state index in [0.29, 0.717) is 0 Å². The number of nitrogens with one attached hydrogen (secondary N) is 1. The van der Waals surface area contributed by atoms with E-state index < -0.39 is 5.97 Å². The number of H-pyrrole nitrogens is 1. The molecule has 132 valence electrons. The van der Waals surface area contributed by atoms with E-state index in [1.165, 1.54) is 0 Å². The number of morpholine rings is 1. The van der Waals surface area contributed by atoms with Crippen LogP contribution in [0.1, 0.15) is 10.4 Å². The van der Waals surface area contributed by atoms with Gasteiger partial charge in [0.25, 0.3) is 0 Å². The van der Waals surface area contributed by atoms with Crippen molar-refractivity contribution < 1.29 is 14.6 Å². The molecule has 1 saturated heterocycles. The van der Waals surface area contributed by atoms with E-state index in [1.807, 2.05) is 24.3 Å². The highest BCUT2D eigenvalue weighted by molar-refractivity contribution is 5.89. The molecule has 1 aromatic carbocycles. The van der Waals surface area contributed by atoms with Crippen molar-refractivity contribution in [3.63, 3.8) is 0 Å². The van der Waals surface area contributed by atoms with Gasteiger partial charge in [-0.05, 0) is 30.3 Å². The molecule has 0 radical (unpaired) electrons. The summed E-state index contributed by atoms with van der Waals surface area (Å²) < 4.78 is 5.36. The van der Waals surface area contributed by atoms with Crippen molar-refractivity contribution in [1.29, 1.82) is 0 Å². The standard InChI is InChI=1S/C19H18N4O3/c24-19(25)14-3-1-2-13(10-14)16-11-17(22-21-16)15-4-5-18(20-12-15)23-6-8-26-9-7-23/h1-5,10-12H,6-9H2,(H,21,22)(H,24,25). The van der Waals surface area contributed by atoms with Crippen LogP contribution in [0, 0.1) is 0 Å². The predicted molar refractivity (Wildman–Crippen MR) is 97.2 cm³/mol. The van der Waals surface area contributed by atoms with Gasteiger partial charge in [-0.2, -0.15) is 5.10 Å². The van der Waals surface area contributed by atoms with Crippen LogP contribution in [0.15, 0.2) is 48.7 Å². The van der Waals surface area contributed by atoms with E-state index in [-0.39, 0.29) is 5.56 Å². The third-order valence-electron chi connectivity index (χ3n) is 4.38. The van der Waals surface area contributed by atoms with Gasteiger partial charge in [0.15, 0.2) is 0 Å². The van der Waals surface area contributed by atoms with E-state index in [2.05, 4.69) is 20.1 Å². The maximum absolute atomic E-state index is 11.1.